The number of hydrogen-bond donors (Lipinski definition) is 2. The van der Waals surface area contributed by atoms with E-state index in [0.717, 1.165) is 10.9 Å². The maximum Gasteiger partial charge on any atom is 0.147 e. The molecule has 15 heavy (non-hydrogen) atoms. The summed E-state index contributed by atoms with van der Waals surface area (Å²) in [6.07, 6.45) is 1.85. The number of fused-ring (bicyclic) bond motifs is 1. The molecule has 80 valence electrons. The molecule has 0 fully saturated rings. The van der Waals surface area contributed by atoms with Crippen molar-refractivity contribution in [3.63, 3.8) is 0 Å². The largest absolute Gasteiger partial charge is 0.358 e. The van der Waals surface area contributed by atoms with Gasteiger partial charge in [-0.3, -0.25) is 0 Å². The first-order chi connectivity index (χ1) is 7.06. The minimum absolute atomic E-state index is 0.133. The van der Waals surface area contributed by atoms with Gasteiger partial charge in [0.15, 0.2) is 0 Å². The summed E-state index contributed by atoms with van der Waals surface area (Å²) in [5.74, 6) is -0.216. The van der Waals surface area contributed by atoms with E-state index in [1.54, 1.807) is 6.07 Å². The van der Waals surface area contributed by atoms with Gasteiger partial charge in [-0.05, 0) is 11.6 Å². The fraction of sp³-hybridized carbons (Fsp3) is 0.333. The van der Waals surface area contributed by atoms with Crippen molar-refractivity contribution in [2.75, 3.05) is 6.54 Å². The lowest BCUT2D eigenvalue weighted by molar-refractivity contribution is 0.543. The van der Waals surface area contributed by atoms with Crippen molar-refractivity contribution in [2.45, 2.75) is 19.3 Å². The lowest BCUT2D eigenvalue weighted by Crippen LogP contribution is -2.27. The van der Waals surface area contributed by atoms with Crippen LogP contribution in [0.5, 0.6) is 0 Å². The Hall–Kier alpha value is -1.35. The van der Waals surface area contributed by atoms with E-state index >= 15 is 0 Å². The number of halogens is 1. The zero-order chi connectivity index (χ0) is 11.1. The molecular weight excluding hydrogens is 191 g/mol. The van der Waals surface area contributed by atoms with Gasteiger partial charge in [-0.15, -0.1) is 0 Å². The number of nitrogens with one attached hydrogen (secondary N) is 1. The number of para-hydroxylation sites is 1. The highest BCUT2D eigenvalue weighted by molar-refractivity contribution is 5.84. The lowest BCUT2D eigenvalue weighted by Gasteiger charge is -2.21. The van der Waals surface area contributed by atoms with E-state index in [0.29, 0.717) is 12.1 Å². The smallest absolute Gasteiger partial charge is 0.147 e. The maximum atomic E-state index is 13.4. The Morgan fingerprint density at radius 1 is 1.40 bits per heavy atom. The van der Waals surface area contributed by atoms with Crippen LogP contribution in [0, 0.1) is 5.82 Å². The van der Waals surface area contributed by atoms with Gasteiger partial charge in [0.05, 0.1) is 5.52 Å². The normalized spacial score (nSPS) is 12.3. The van der Waals surface area contributed by atoms with E-state index in [1.807, 2.05) is 12.3 Å². The number of nitrogens with two attached hydrogens (primary N) is 1. The standard InChI is InChI=1S/C12H15FN2/c1-12(2,7-14)9-6-15-11-8(9)4-3-5-10(11)13/h3-6,15H,7,14H2,1-2H3. The summed E-state index contributed by atoms with van der Waals surface area (Å²) in [6, 6.07) is 5.10. The number of aromatic amines is 1. The summed E-state index contributed by atoms with van der Waals surface area (Å²) in [5, 5.41) is 0.922. The van der Waals surface area contributed by atoms with Crippen LogP contribution in [0.15, 0.2) is 24.4 Å². The van der Waals surface area contributed by atoms with E-state index < -0.39 is 0 Å². The predicted molar refractivity (Wildman–Crippen MR) is 60.3 cm³/mol. The van der Waals surface area contributed by atoms with Crippen LogP contribution in [-0.4, -0.2) is 11.5 Å². The van der Waals surface area contributed by atoms with Crippen LogP contribution in [0.1, 0.15) is 19.4 Å². The Kier molecular flexibility index (Phi) is 2.27. The van der Waals surface area contributed by atoms with Gasteiger partial charge in [-0.25, -0.2) is 4.39 Å². The molecule has 0 saturated carbocycles. The second-order valence-corrected chi connectivity index (χ2v) is 4.45. The zero-order valence-electron chi connectivity index (χ0n) is 8.97. The van der Waals surface area contributed by atoms with Gasteiger partial charge in [0, 0.05) is 23.5 Å². The van der Waals surface area contributed by atoms with Gasteiger partial charge in [0.25, 0.3) is 0 Å². The van der Waals surface area contributed by atoms with Crippen molar-refractivity contribution in [3.05, 3.63) is 35.8 Å². The minimum Gasteiger partial charge on any atom is -0.358 e. The molecule has 0 unspecified atom stereocenters. The van der Waals surface area contributed by atoms with E-state index in [1.165, 1.54) is 6.07 Å². The van der Waals surface area contributed by atoms with Crippen molar-refractivity contribution >= 4 is 10.9 Å². The third-order valence-corrected chi connectivity index (χ3v) is 2.90. The second-order valence-electron chi connectivity index (χ2n) is 4.45. The summed E-state index contributed by atoms with van der Waals surface area (Å²) < 4.78 is 13.4. The van der Waals surface area contributed by atoms with Crippen LogP contribution in [0.3, 0.4) is 0 Å². The Labute approximate surface area is 88.3 Å². The van der Waals surface area contributed by atoms with E-state index in [-0.39, 0.29) is 11.2 Å². The van der Waals surface area contributed by atoms with Crippen LogP contribution < -0.4 is 5.73 Å². The highest BCUT2D eigenvalue weighted by Crippen LogP contribution is 2.30. The molecule has 3 N–H and O–H groups in total. The van der Waals surface area contributed by atoms with Gasteiger partial charge in [-0.1, -0.05) is 26.0 Å². The molecule has 0 saturated heterocycles. The molecular formula is C12H15FN2. The molecule has 1 aromatic heterocycles. The highest BCUT2D eigenvalue weighted by Gasteiger charge is 2.22. The molecule has 0 spiro atoms. The Morgan fingerprint density at radius 2 is 2.13 bits per heavy atom. The fourth-order valence-electron chi connectivity index (χ4n) is 1.79. The van der Waals surface area contributed by atoms with E-state index in [4.69, 9.17) is 5.73 Å². The first-order valence-electron chi connectivity index (χ1n) is 5.02. The van der Waals surface area contributed by atoms with Gasteiger partial charge >= 0.3 is 0 Å². The van der Waals surface area contributed by atoms with Gasteiger partial charge in [0.1, 0.15) is 5.82 Å². The van der Waals surface area contributed by atoms with Crippen LogP contribution in [-0.2, 0) is 5.41 Å². The number of H-pyrrole nitrogens is 1. The molecule has 0 amide bonds. The summed E-state index contributed by atoms with van der Waals surface area (Å²) >= 11 is 0. The van der Waals surface area contributed by atoms with E-state index in [2.05, 4.69) is 18.8 Å². The monoisotopic (exact) mass is 206 g/mol. The molecule has 2 nitrogen and oxygen atoms in total. The SMILES string of the molecule is CC(C)(CN)c1c[nH]c2c(F)cccc12. The van der Waals surface area contributed by atoms with Gasteiger partial charge in [-0.2, -0.15) is 0 Å². The lowest BCUT2D eigenvalue weighted by atomic mass is 9.85. The maximum absolute atomic E-state index is 13.4. The summed E-state index contributed by atoms with van der Waals surface area (Å²) in [6.45, 7) is 4.65. The molecule has 1 heterocycles. The van der Waals surface area contributed by atoms with Crippen molar-refractivity contribution in [2.24, 2.45) is 5.73 Å². The first-order valence-corrected chi connectivity index (χ1v) is 5.02. The summed E-state index contributed by atoms with van der Waals surface area (Å²) in [7, 11) is 0. The van der Waals surface area contributed by atoms with Crippen LogP contribution >= 0.6 is 0 Å². The molecule has 2 aromatic rings. The first kappa shape index (κ1) is 10.2. The molecule has 0 atom stereocenters. The quantitative estimate of drug-likeness (QED) is 0.779. The third kappa shape index (κ3) is 1.53. The van der Waals surface area contributed by atoms with Gasteiger partial charge < -0.3 is 10.7 Å². The molecule has 0 aliphatic rings. The molecule has 0 aliphatic carbocycles. The Balaban J connectivity index is 2.69. The summed E-state index contributed by atoms with van der Waals surface area (Å²) in [4.78, 5) is 2.97. The number of aromatic nitrogens is 1. The van der Waals surface area contributed by atoms with Crippen molar-refractivity contribution in [3.8, 4) is 0 Å². The van der Waals surface area contributed by atoms with E-state index in [9.17, 15) is 4.39 Å². The van der Waals surface area contributed by atoms with Crippen molar-refractivity contribution in [1.29, 1.82) is 0 Å². The fourth-order valence-corrected chi connectivity index (χ4v) is 1.79. The third-order valence-electron chi connectivity index (χ3n) is 2.90. The van der Waals surface area contributed by atoms with Crippen LogP contribution in [0.25, 0.3) is 10.9 Å². The average Bonchev–Trinajstić information content (AvgIpc) is 2.63. The average molecular weight is 206 g/mol. The van der Waals surface area contributed by atoms with Crippen LogP contribution in [0.2, 0.25) is 0 Å². The topological polar surface area (TPSA) is 41.8 Å². The molecule has 0 bridgehead atoms. The zero-order valence-corrected chi connectivity index (χ0v) is 8.97. The molecule has 2 rings (SSSR count). The minimum atomic E-state index is -0.216. The highest BCUT2D eigenvalue weighted by atomic mass is 19.1. The van der Waals surface area contributed by atoms with Gasteiger partial charge in [0.2, 0.25) is 0 Å². The summed E-state index contributed by atoms with van der Waals surface area (Å²) in [5.41, 5.74) is 7.22. The van der Waals surface area contributed by atoms with Crippen molar-refractivity contribution in [1.82, 2.24) is 4.98 Å². The number of rotatable bonds is 2. The second kappa shape index (κ2) is 3.35. The Bertz CT molecular complexity index is 485. The molecule has 1 aromatic carbocycles. The Morgan fingerprint density at radius 3 is 2.80 bits per heavy atom. The van der Waals surface area contributed by atoms with Crippen molar-refractivity contribution < 1.29 is 4.39 Å². The van der Waals surface area contributed by atoms with Crippen LogP contribution in [0.4, 0.5) is 4.39 Å². The molecule has 3 heteroatoms. The molecule has 0 aliphatic heterocycles. The number of benzene rings is 1. The molecule has 0 radical (unpaired) electrons. The predicted octanol–water partition coefficient (Wildman–Crippen LogP) is 2.54. The number of hydrogen-bond acceptors (Lipinski definition) is 1.